The molecule has 0 aliphatic carbocycles. The first-order valence-electron chi connectivity index (χ1n) is 6.80. The third kappa shape index (κ3) is 6.99. The minimum absolute atomic E-state index is 0.180. The molecule has 0 bridgehead atoms. The fourth-order valence-corrected chi connectivity index (χ4v) is 2.35. The maximum absolute atomic E-state index is 5.29. The fraction of sp³-hybridized carbons (Fsp3) is 1.00. The van der Waals surface area contributed by atoms with E-state index in [9.17, 15) is 0 Å². The zero-order chi connectivity index (χ0) is 12.3. The SMILES string of the molecule is COCC(CNCCCC1CCNCC1)OC. The molecule has 1 saturated heterocycles. The van der Waals surface area contributed by atoms with Gasteiger partial charge in [0.1, 0.15) is 0 Å². The molecule has 0 aromatic heterocycles. The van der Waals surface area contributed by atoms with E-state index in [1.807, 2.05) is 0 Å². The van der Waals surface area contributed by atoms with Gasteiger partial charge < -0.3 is 20.1 Å². The van der Waals surface area contributed by atoms with E-state index in [0.29, 0.717) is 6.61 Å². The molecule has 17 heavy (non-hydrogen) atoms. The van der Waals surface area contributed by atoms with Crippen LogP contribution < -0.4 is 10.6 Å². The summed E-state index contributed by atoms with van der Waals surface area (Å²) < 4.78 is 10.4. The van der Waals surface area contributed by atoms with E-state index in [1.165, 1.54) is 38.8 Å². The predicted molar refractivity (Wildman–Crippen MR) is 70.4 cm³/mol. The van der Waals surface area contributed by atoms with Crippen LogP contribution in [0.1, 0.15) is 25.7 Å². The van der Waals surface area contributed by atoms with Crippen LogP contribution in [0.15, 0.2) is 0 Å². The van der Waals surface area contributed by atoms with E-state index in [0.717, 1.165) is 19.0 Å². The van der Waals surface area contributed by atoms with Crippen LogP contribution in [0.3, 0.4) is 0 Å². The van der Waals surface area contributed by atoms with Crippen LogP contribution >= 0.6 is 0 Å². The van der Waals surface area contributed by atoms with E-state index in [-0.39, 0.29) is 6.10 Å². The molecule has 0 aromatic carbocycles. The molecular weight excluding hydrogens is 216 g/mol. The molecule has 1 aliphatic heterocycles. The van der Waals surface area contributed by atoms with Gasteiger partial charge in [0.15, 0.2) is 0 Å². The molecule has 0 radical (unpaired) electrons. The molecule has 1 atom stereocenters. The van der Waals surface area contributed by atoms with Crippen LogP contribution in [0.5, 0.6) is 0 Å². The second kappa shape index (κ2) is 9.83. The molecule has 4 nitrogen and oxygen atoms in total. The minimum atomic E-state index is 0.180. The topological polar surface area (TPSA) is 42.5 Å². The van der Waals surface area contributed by atoms with Crippen LogP contribution in [0.2, 0.25) is 0 Å². The maximum atomic E-state index is 5.29. The summed E-state index contributed by atoms with van der Waals surface area (Å²) in [5.41, 5.74) is 0. The quantitative estimate of drug-likeness (QED) is 0.594. The zero-order valence-corrected chi connectivity index (χ0v) is 11.3. The summed E-state index contributed by atoms with van der Waals surface area (Å²) in [6.45, 7) is 5.05. The standard InChI is InChI=1S/C13H28N2O2/c1-16-11-13(17-2)10-15-7-3-4-12-5-8-14-9-6-12/h12-15H,3-11H2,1-2H3. The molecule has 4 heteroatoms. The zero-order valence-electron chi connectivity index (χ0n) is 11.3. The summed E-state index contributed by atoms with van der Waals surface area (Å²) in [7, 11) is 3.45. The fourth-order valence-electron chi connectivity index (χ4n) is 2.35. The Morgan fingerprint density at radius 2 is 2.06 bits per heavy atom. The van der Waals surface area contributed by atoms with E-state index < -0.39 is 0 Å². The van der Waals surface area contributed by atoms with Crippen molar-refractivity contribution in [3.8, 4) is 0 Å². The molecule has 0 spiro atoms. The molecule has 1 fully saturated rings. The average Bonchev–Trinajstić information content (AvgIpc) is 2.38. The third-order valence-electron chi connectivity index (χ3n) is 3.48. The van der Waals surface area contributed by atoms with Crippen LogP contribution in [0, 0.1) is 5.92 Å². The van der Waals surface area contributed by atoms with Crippen molar-refractivity contribution in [1.82, 2.24) is 10.6 Å². The number of piperidine rings is 1. The normalized spacial score (nSPS) is 19.4. The van der Waals surface area contributed by atoms with Gasteiger partial charge >= 0.3 is 0 Å². The molecule has 0 amide bonds. The van der Waals surface area contributed by atoms with Crippen molar-refractivity contribution >= 4 is 0 Å². The van der Waals surface area contributed by atoms with Crippen LogP contribution in [-0.4, -0.2) is 53.1 Å². The van der Waals surface area contributed by atoms with Gasteiger partial charge in [0.2, 0.25) is 0 Å². The first-order chi connectivity index (χ1) is 8.36. The lowest BCUT2D eigenvalue weighted by Crippen LogP contribution is -2.33. The first-order valence-corrected chi connectivity index (χ1v) is 6.80. The molecule has 1 rings (SSSR count). The van der Waals surface area contributed by atoms with Gasteiger partial charge in [0.25, 0.3) is 0 Å². The number of rotatable bonds is 9. The van der Waals surface area contributed by atoms with Gasteiger partial charge in [-0.3, -0.25) is 0 Å². The van der Waals surface area contributed by atoms with Crippen molar-refractivity contribution in [1.29, 1.82) is 0 Å². The molecule has 2 N–H and O–H groups in total. The van der Waals surface area contributed by atoms with Gasteiger partial charge in [-0.1, -0.05) is 0 Å². The molecule has 0 aromatic rings. The summed E-state index contributed by atoms with van der Waals surface area (Å²) in [5, 5.41) is 6.85. The number of methoxy groups -OCH3 is 2. The Bertz CT molecular complexity index is 166. The van der Waals surface area contributed by atoms with Gasteiger partial charge in [-0.25, -0.2) is 0 Å². The van der Waals surface area contributed by atoms with E-state index in [4.69, 9.17) is 9.47 Å². The molecule has 1 heterocycles. The number of hydrogen-bond acceptors (Lipinski definition) is 4. The van der Waals surface area contributed by atoms with Crippen LogP contribution in [0.4, 0.5) is 0 Å². The third-order valence-corrected chi connectivity index (χ3v) is 3.48. The molecule has 1 unspecified atom stereocenters. The second-order valence-electron chi connectivity index (χ2n) is 4.85. The Kier molecular flexibility index (Phi) is 8.61. The monoisotopic (exact) mass is 244 g/mol. The highest BCUT2D eigenvalue weighted by Crippen LogP contribution is 2.16. The summed E-state index contributed by atoms with van der Waals surface area (Å²) in [6, 6.07) is 0. The van der Waals surface area contributed by atoms with Gasteiger partial charge in [-0.15, -0.1) is 0 Å². The van der Waals surface area contributed by atoms with Crippen molar-refractivity contribution in [3.63, 3.8) is 0 Å². The van der Waals surface area contributed by atoms with Crippen molar-refractivity contribution in [2.45, 2.75) is 31.8 Å². The highest BCUT2D eigenvalue weighted by molar-refractivity contribution is 4.69. The van der Waals surface area contributed by atoms with Crippen molar-refractivity contribution in [2.24, 2.45) is 5.92 Å². The van der Waals surface area contributed by atoms with Gasteiger partial charge in [0, 0.05) is 20.8 Å². The second-order valence-corrected chi connectivity index (χ2v) is 4.85. The minimum Gasteiger partial charge on any atom is -0.382 e. The Morgan fingerprint density at radius 1 is 1.29 bits per heavy atom. The maximum Gasteiger partial charge on any atom is 0.0928 e. The number of hydrogen-bond donors (Lipinski definition) is 2. The highest BCUT2D eigenvalue weighted by atomic mass is 16.5. The summed E-state index contributed by atoms with van der Waals surface area (Å²) in [5.74, 6) is 0.940. The Hall–Kier alpha value is -0.160. The number of ether oxygens (including phenoxy) is 2. The molecule has 0 saturated carbocycles. The molecule has 1 aliphatic rings. The molecular formula is C13H28N2O2. The lowest BCUT2D eigenvalue weighted by Gasteiger charge is -2.22. The Labute approximate surface area is 105 Å². The highest BCUT2D eigenvalue weighted by Gasteiger charge is 2.12. The van der Waals surface area contributed by atoms with Crippen LogP contribution in [-0.2, 0) is 9.47 Å². The van der Waals surface area contributed by atoms with Gasteiger partial charge in [-0.05, 0) is 51.2 Å². The summed E-state index contributed by atoms with van der Waals surface area (Å²) in [4.78, 5) is 0. The average molecular weight is 244 g/mol. The van der Waals surface area contributed by atoms with Crippen molar-refractivity contribution < 1.29 is 9.47 Å². The van der Waals surface area contributed by atoms with Crippen molar-refractivity contribution in [3.05, 3.63) is 0 Å². The van der Waals surface area contributed by atoms with E-state index >= 15 is 0 Å². The summed E-state index contributed by atoms with van der Waals surface area (Å²) >= 11 is 0. The van der Waals surface area contributed by atoms with E-state index in [2.05, 4.69) is 10.6 Å². The lowest BCUT2D eigenvalue weighted by molar-refractivity contribution is 0.0290. The van der Waals surface area contributed by atoms with Crippen LogP contribution in [0.25, 0.3) is 0 Å². The van der Waals surface area contributed by atoms with Crippen molar-refractivity contribution in [2.75, 3.05) is 47.0 Å². The smallest absolute Gasteiger partial charge is 0.0928 e. The Morgan fingerprint density at radius 3 is 2.71 bits per heavy atom. The largest absolute Gasteiger partial charge is 0.382 e. The van der Waals surface area contributed by atoms with Gasteiger partial charge in [-0.2, -0.15) is 0 Å². The number of nitrogens with one attached hydrogen (secondary N) is 2. The summed E-state index contributed by atoms with van der Waals surface area (Å²) in [6.07, 6.45) is 5.51. The van der Waals surface area contributed by atoms with Gasteiger partial charge in [0.05, 0.1) is 12.7 Å². The Balaban J connectivity index is 1.92. The predicted octanol–water partition coefficient (Wildman–Crippen LogP) is 1.02. The lowest BCUT2D eigenvalue weighted by atomic mass is 9.93. The molecule has 102 valence electrons. The van der Waals surface area contributed by atoms with E-state index in [1.54, 1.807) is 14.2 Å². The first kappa shape index (κ1) is 14.9.